The molecule has 0 bridgehead atoms. The largest absolute Gasteiger partial charge is 0.327 e. The zero-order chi connectivity index (χ0) is 11.3. The average Bonchev–Trinajstić information content (AvgIpc) is 2.15. The third-order valence-corrected chi connectivity index (χ3v) is 4.10. The van der Waals surface area contributed by atoms with E-state index in [1.165, 1.54) is 51.4 Å². The Morgan fingerprint density at radius 1 is 1.13 bits per heavy atom. The Labute approximate surface area is 95.8 Å². The maximum atomic E-state index is 6.36. The minimum atomic E-state index is 0.433. The molecule has 0 radical (unpaired) electrons. The lowest BCUT2D eigenvalue weighted by Crippen LogP contribution is -2.35. The first-order chi connectivity index (χ1) is 7.05. The highest BCUT2D eigenvalue weighted by Gasteiger charge is 2.26. The fraction of sp³-hybridized carbons (Fsp3) is 1.00. The number of hydrogen-bond acceptors (Lipinski definition) is 1. The summed E-state index contributed by atoms with van der Waals surface area (Å²) in [6.07, 6.45) is 10.8. The van der Waals surface area contributed by atoms with E-state index in [1.54, 1.807) is 0 Å². The van der Waals surface area contributed by atoms with Crippen molar-refractivity contribution in [2.45, 2.75) is 78.2 Å². The Balaban J connectivity index is 2.56. The molecule has 1 fully saturated rings. The van der Waals surface area contributed by atoms with Crippen LogP contribution >= 0.6 is 0 Å². The molecule has 0 heterocycles. The first-order valence-corrected chi connectivity index (χ1v) is 6.81. The lowest BCUT2D eigenvalue weighted by Gasteiger charge is -2.33. The number of hydrogen-bond donors (Lipinski definition) is 1. The molecule has 0 aliphatic heterocycles. The van der Waals surface area contributed by atoms with Gasteiger partial charge in [0.25, 0.3) is 0 Å². The van der Waals surface area contributed by atoms with Gasteiger partial charge in [-0.05, 0) is 30.6 Å². The quantitative estimate of drug-likeness (QED) is 0.694. The fourth-order valence-electron chi connectivity index (χ4n) is 2.99. The van der Waals surface area contributed by atoms with Gasteiger partial charge in [0.15, 0.2) is 0 Å². The van der Waals surface area contributed by atoms with Crippen LogP contribution in [0.25, 0.3) is 0 Å². The Morgan fingerprint density at radius 2 is 1.80 bits per heavy atom. The zero-order valence-corrected chi connectivity index (χ0v) is 10.9. The Kier molecular flexibility index (Phi) is 5.11. The molecule has 1 aliphatic rings. The van der Waals surface area contributed by atoms with Crippen molar-refractivity contribution in [3.63, 3.8) is 0 Å². The smallest absolute Gasteiger partial charge is 0.00721 e. The topological polar surface area (TPSA) is 26.0 Å². The molecule has 0 aromatic carbocycles. The molecule has 15 heavy (non-hydrogen) atoms. The van der Waals surface area contributed by atoms with Gasteiger partial charge in [-0.3, -0.25) is 0 Å². The van der Waals surface area contributed by atoms with Gasteiger partial charge in [-0.1, -0.05) is 52.9 Å². The molecule has 2 unspecified atom stereocenters. The Morgan fingerprint density at radius 3 is 2.47 bits per heavy atom. The summed E-state index contributed by atoms with van der Waals surface area (Å²) in [6, 6.07) is 0.433. The third kappa shape index (κ3) is 4.55. The Hall–Kier alpha value is -0.0400. The fourth-order valence-corrected chi connectivity index (χ4v) is 2.99. The summed E-state index contributed by atoms with van der Waals surface area (Å²) >= 11 is 0. The maximum Gasteiger partial charge on any atom is 0.00721 e. The van der Waals surface area contributed by atoms with Crippen LogP contribution in [0.4, 0.5) is 0 Å². The molecule has 1 saturated carbocycles. The summed E-state index contributed by atoms with van der Waals surface area (Å²) < 4.78 is 0. The summed E-state index contributed by atoms with van der Waals surface area (Å²) in [5, 5.41) is 0. The average molecular weight is 211 g/mol. The molecule has 1 rings (SSSR count). The predicted octanol–water partition coefficient (Wildman–Crippen LogP) is 4.11. The monoisotopic (exact) mass is 211 g/mol. The molecule has 0 spiro atoms. The first-order valence-electron chi connectivity index (χ1n) is 6.81. The van der Waals surface area contributed by atoms with Gasteiger partial charge < -0.3 is 5.73 Å². The number of nitrogens with two attached hydrogens (primary N) is 1. The molecular formula is C14H29N. The van der Waals surface area contributed by atoms with Crippen LogP contribution in [0.2, 0.25) is 0 Å². The van der Waals surface area contributed by atoms with Crippen LogP contribution in [-0.4, -0.2) is 6.04 Å². The van der Waals surface area contributed by atoms with Crippen LogP contribution in [0.15, 0.2) is 0 Å². The third-order valence-electron chi connectivity index (χ3n) is 4.10. The van der Waals surface area contributed by atoms with Gasteiger partial charge in [0.05, 0.1) is 0 Å². The van der Waals surface area contributed by atoms with Gasteiger partial charge in [-0.2, -0.15) is 0 Å². The van der Waals surface area contributed by atoms with Crippen molar-refractivity contribution in [2.75, 3.05) is 0 Å². The second-order valence-corrected chi connectivity index (χ2v) is 6.15. The number of rotatable bonds is 1. The zero-order valence-electron chi connectivity index (χ0n) is 10.9. The van der Waals surface area contributed by atoms with Crippen LogP contribution < -0.4 is 5.73 Å². The minimum absolute atomic E-state index is 0.433. The van der Waals surface area contributed by atoms with Crippen LogP contribution in [0, 0.1) is 11.3 Å². The van der Waals surface area contributed by atoms with Crippen molar-refractivity contribution in [3.05, 3.63) is 0 Å². The van der Waals surface area contributed by atoms with E-state index in [9.17, 15) is 0 Å². The van der Waals surface area contributed by atoms with Crippen LogP contribution in [-0.2, 0) is 0 Å². The van der Waals surface area contributed by atoms with E-state index < -0.39 is 0 Å². The van der Waals surface area contributed by atoms with Gasteiger partial charge in [0.1, 0.15) is 0 Å². The lowest BCUT2D eigenvalue weighted by atomic mass is 9.75. The van der Waals surface area contributed by atoms with Crippen molar-refractivity contribution in [2.24, 2.45) is 17.1 Å². The van der Waals surface area contributed by atoms with E-state index in [2.05, 4.69) is 20.8 Å². The molecule has 1 aliphatic carbocycles. The molecule has 0 amide bonds. The maximum absolute atomic E-state index is 6.36. The summed E-state index contributed by atoms with van der Waals surface area (Å²) in [4.78, 5) is 0. The first kappa shape index (κ1) is 13.0. The van der Waals surface area contributed by atoms with Crippen LogP contribution in [0.5, 0.6) is 0 Å². The molecular weight excluding hydrogens is 182 g/mol. The second kappa shape index (κ2) is 5.89. The highest BCUT2D eigenvalue weighted by molar-refractivity contribution is 4.81. The second-order valence-electron chi connectivity index (χ2n) is 6.15. The molecule has 2 N–H and O–H groups in total. The van der Waals surface area contributed by atoms with E-state index in [1.807, 2.05) is 0 Å². The highest BCUT2D eigenvalue weighted by atomic mass is 14.7. The predicted molar refractivity (Wildman–Crippen MR) is 67.9 cm³/mol. The molecule has 1 nitrogen and oxygen atoms in total. The van der Waals surface area contributed by atoms with Crippen molar-refractivity contribution in [1.82, 2.24) is 0 Å². The van der Waals surface area contributed by atoms with E-state index in [0.29, 0.717) is 11.5 Å². The van der Waals surface area contributed by atoms with Crippen molar-refractivity contribution < 1.29 is 0 Å². The van der Waals surface area contributed by atoms with Crippen molar-refractivity contribution >= 4 is 0 Å². The molecule has 2 atom stereocenters. The summed E-state index contributed by atoms with van der Waals surface area (Å²) in [7, 11) is 0. The van der Waals surface area contributed by atoms with Gasteiger partial charge in [-0.25, -0.2) is 0 Å². The standard InChI is InChI=1S/C14H29N/c1-4-12-9-7-5-6-8-10-14(2,3)11-13(12)15/h12-13H,4-11,15H2,1-3H3. The summed E-state index contributed by atoms with van der Waals surface area (Å²) in [5.41, 5.74) is 6.82. The molecule has 0 saturated heterocycles. The highest BCUT2D eigenvalue weighted by Crippen LogP contribution is 2.33. The van der Waals surface area contributed by atoms with Crippen LogP contribution in [0.3, 0.4) is 0 Å². The van der Waals surface area contributed by atoms with Crippen molar-refractivity contribution in [3.8, 4) is 0 Å². The summed E-state index contributed by atoms with van der Waals surface area (Å²) in [5.74, 6) is 0.766. The SMILES string of the molecule is CCC1CCCCCCC(C)(C)CC1N. The van der Waals surface area contributed by atoms with E-state index in [4.69, 9.17) is 5.73 Å². The molecule has 0 aromatic heterocycles. The Bertz CT molecular complexity index is 174. The van der Waals surface area contributed by atoms with Crippen molar-refractivity contribution in [1.29, 1.82) is 0 Å². The normalized spacial score (nSPS) is 33.6. The van der Waals surface area contributed by atoms with Crippen LogP contribution in [0.1, 0.15) is 72.1 Å². The van der Waals surface area contributed by atoms with Gasteiger partial charge in [0.2, 0.25) is 0 Å². The van der Waals surface area contributed by atoms with Gasteiger partial charge in [0, 0.05) is 6.04 Å². The molecule has 0 aromatic rings. The molecule has 90 valence electrons. The van der Waals surface area contributed by atoms with Gasteiger partial charge >= 0.3 is 0 Å². The minimum Gasteiger partial charge on any atom is -0.327 e. The van der Waals surface area contributed by atoms with Gasteiger partial charge in [-0.15, -0.1) is 0 Å². The van der Waals surface area contributed by atoms with E-state index in [-0.39, 0.29) is 0 Å². The lowest BCUT2D eigenvalue weighted by molar-refractivity contribution is 0.217. The summed E-state index contributed by atoms with van der Waals surface area (Å²) in [6.45, 7) is 7.08. The van der Waals surface area contributed by atoms with E-state index >= 15 is 0 Å². The molecule has 1 heteroatoms. The van der Waals surface area contributed by atoms with E-state index in [0.717, 1.165) is 5.92 Å².